The van der Waals surface area contributed by atoms with E-state index >= 15 is 0 Å². The number of carbonyl (C=O) groups is 1. The topological polar surface area (TPSA) is 66.5 Å². The van der Waals surface area contributed by atoms with Crippen LogP contribution in [-0.2, 0) is 14.2 Å². The molecule has 1 fully saturated rings. The Morgan fingerprint density at radius 2 is 1.26 bits per heavy atom. The van der Waals surface area contributed by atoms with Crippen LogP contribution >= 0.6 is 0 Å². The van der Waals surface area contributed by atoms with Crippen LogP contribution in [0.5, 0.6) is 11.5 Å². The molecule has 2 heterocycles. The van der Waals surface area contributed by atoms with Crippen LogP contribution < -0.4 is 9.47 Å². The monoisotopic (exact) mass is 379 g/mol. The highest BCUT2D eigenvalue weighted by Gasteiger charge is 2.20. The molecule has 7 heteroatoms. The van der Waals surface area contributed by atoms with Gasteiger partial charge in [0.05, 0.1) is 39.6 Å². The zero-order valence-electron chi connectivity index (χ0n) is 15.8. The Morgan fingerprint density at radius 3 is 1.89 bits per heavy atom. The quantitative estimate of drug-likeness (QED) is 0.745. The van der Waals surface area contributed by atoms with E-state index < -0.39 is 0 Å². The molecule has 0 aliphatic carbocycles. The first-order chi connectivity index (χ1) is 13.3. The van der Waals surface area contributed by atoms with Gasteiger partial charge in [0.2, 0.25) is 0 Å². The number of fused-ring (bicyclic) bond motifs is 1. The van der Waals surface area contributed by atoms with Crippen LogP contribution in [0.2, 0.25) is 0 Å². The van der Waals surface area contributed by atoms with Gasteiger partial charge in [0, 0.05) is 18.7 Å². The molecule has 0 aromatic heterocycles. The summed E-state index contributed by atoms with van der Waals surface area (Å²) in [6.07, 6.45) is 3.33. The van der Waals surface area contributed by atoms with Gasteiger partial charge in [0.25, 0.3) is 5.91 Å². The highest BCUT2D eigenvalue weighted by Crippen LogP contribution is 2.29. The molecule has 27 heavy (non-hydrogen) atoms. The maximum Gasteiger partial charge on any atom is 0.253 e. The van der Waals surface area contributed by atoms with Crippen LogP contribution in [0.15, 0.2) is 18.2 Å². The lowest BCUT2D eigenvalue weighted by Crippen LogP contribution is -2.35. The minimum absolute atomic E-state index is 0.0497. The Balaban J connectivity index is 1.67. The van der Waals surface area contributed by atoms with Crippen molar-refractivity contribution in [3.63, 3.8) is 0 Å². The summed E-state index contributed by atoms with van der Waals surface area (Å²) in [5.41, 5.74) is 0.628. The highest BCUT2D eigenvalue weighted by molar-refractivity contribution is 5.95. The third-order valence-corrected chi connectivity index (χ3v) is 4.55. The van der Waals surface area contributed by atoms with E-state index in [4.69, 9.17) is 23.7 Å². The summed E-state index contributed by atoms with van der Waals surface area (Å²) < 4.78 is 28.0. The molecule has 1 aromatic rings. The molecule has 0 unspecified atom stereocenters. The van der Waals surface area contributed by atoms with Crippen LogP contribution in [-0.4, -0.2) is 76.8 Å². The molecule has 0 spiro atoms. The van der Waals surface area contributed by atoms with E-state index in [1.165, 1.54) is 6.42 Å². The number of amides is 1. The van der Waals surface area contributed by atoms with Crippen LogP contribution in [0.3, 0.4) is 0 Å². The summed E-state index contributed by atoms with van der Waals surface area (Å²) in [6, 6.07) is 5.38. The number of hydrogen-bond donors (Lipinski definition) is 0. The van der Waals surface area contributed by atoms with Crippen LogP contribution in [0.25, 0.3) is 0 Å². The second-order valence-corrected chi connectivity index (χ2v) is 6.55. The fourth-order valence-corrected chi connectivity index (χ4v) is 3.12. The van der Waals surface area contributed by atoms with E-state index in [9.17, 15) is 4.79 Å². The summed E-state index contributed by atoms with van der Waals surface area (Å²) in [5.74, 6) is 1.22. The van der Waals surface area contributed by atoms with Crippen molar-refractivity contribution < 1.29 is 28.5 Å². The number of benzene rings is 1. The van der Waals surface area contributed by atoms with Gasteiger partial charge in [-0.15, -0.1) is 0 Å². The number of nitrogens with zero attached hydrogens (tertiary/aromatic N) is 1. The predicted octanol–water partition coefficient (Wildman–Crippen LogP) is 2.13. The highest BCUT2D eigenvalue weighted by atomic mass is 16.6. The number of carbonyl (C=O) groups excluding carboxylic acids is 1. The van der Waals surface area contributed by atoms with Crippen LogP contribution in [0, 0.1) is 0 Å². The lowest BCUT2D eigenvalue weighted by atomic mass is 10.1. The van der Waals surface area contributed by atoms with Gasteiger partial charge in [-0.05, 0) is 37.5 Å². The standard InChI is InChI=1S/C20H29NO6/c22-20(21-6-2-1-3-7-21)17-4-5-18-19(16-17)27-15-13-25-11-9-23-8-10-24-12-14-26-18/h4-5,16H,1-3,6-15H2. The molecule has 0 bridgehead atoms. The Hall–Kier alpha value is -1.83. The van der Waals surface area contributed by atoms with Crippen molar-refractivity contribution in [1.82, 2.24) is 4.90 Å². The third-order valence-electron chi connectivity index (χ3n) is 4.55. The molecule has 1 saturated heterocycles. The summed E-state index contributed by atoms with van der Waals surface area (Å²) in [5, 5.41) is 0. The van der Waals surface area contributed by atoms with Crippen molar-refractivity contribution in [3.8, 4) is 11.5 Å². The van der Waals surface area contributed by atoms with E-state index in [1.807, 2.05) is 4.90 Å². The molecule has 0 N–H and O–H groups in total. The summed E-state index contributed by atoms with van der Waals surface area (Å²) >= 11 is 0. The van der Waals surface area contributed by atoms with E-state index in [2.05, 4.69) is 0 Å². The van der Waals surface area contributed by atoms with Crippen LogP contribution in [0.1, 0.15) is 29.6 Å². The zero-order valence-corrected chi connectivity index (χ0v) is 15.8. The van der Waals surface area contributed by atoms with E-state index in [0.29, 0.717) is 69.9 Å². The molecule has 0 atom stereocenters. The van der Waals surface area contributed by atoms with Gasteiger partial charge in [0.15, 0.2) is 11.5 Å². The number of rotatable bonds is 1. The Morgan fingerprint density at radius 1 is 0.704 bits per heavy atom. The van der Waals surface area contributed by atoms with E-state index in [0.717, 1.165) is 25.9 Å². The fourth-order valence-electron chi connectivity index (χ4n) is 3.12. The van der Waals surface area contributed by atoms with Crippen molar-refractivity contribution in [2.45, 2.75) is 19.3 Å². The molecule has 1 amide bonds. The van der Waals surface area contributed by atoms with Gasteiger partial charge < -0.3 is 28.6 Å². The molecule has 1 aromatic carbocycles. The largest absolute Gasteiger partial charge is 0.487 e. The first kappa shape index (κ1) is 19.9. The van der Waals surface area contributed by atoms with Crippen LogP contribution in [0.4, 0.5) is 0 Å². The minimum atomic E-state index is 0.0497. The van der Waals surface area contributed by atoms with Crippen molar-refractivity contribution in [2.75, 3.05) is 65.9 Å². The van der Waals surface area contributed by atoms with Gasteiger partial charge in [0.1, 0.15) is 13.2 Å². The molecular formula is C20H29NO6. The van der Waals surface area contributed by atoms with Crippen molar-refractivity contribution in [2.24, 2.45) is 0 Å². The Kier molecular flexibility index (Phi) is 8.20. The third kappa shape index (κ3) is 6.37. The Bertz CT molecular complexity index is 588. The first-order valence-corrected chi connectivity index (χ1v) is 9.77. The first-order valence-electron chi connectivity index (χ1n) is 9.77. The van der Waals surface area contributed by atoms with Crippen molar-refractivity contribution in [1.29, 1.82) is 0 Å². The average molecular weight is 379 g/mol. The lowest BCUT2D eigenvalue weighted by Gasteiger charge is -2.27. The molecule has 7 nitrogen and oxygen atoms in total. The van der Waals surface area contributed by atoms with Crippen molar-refractivity contribution >= 4 is 5.91 Å². The maximum atomic E-state index is 12.8. The lowest BCUT2D eigenvalue weighted by molar-refractivity contribution is 0.00708. The smallest absolute Gasteiger partial charge is 0.253 e. The summed E-state index contributed by atoms with van der Waals surface area (Å²) in [6.45, 7) is 5.46. The number of hydrogen-bond acceptors (Lipinski definition) is 6. The fraction of sp³-hybridized carbons (Fsp3) is 0.650. The second-order valence-electron chi connectivity index (χ2n) is 6.55. The molecule has 150 valence electrons. The average Bonchev–Trinajstić information content (AvgIpc) is 2.72. The maximum absolute atomic E-state index is 12.8. The molecule has 3 rings (SSSR count). The minimum Gasteiger partial charge on any atom is -0.487 e. The molecule has 0 radical (unpaired) electrons. The van der Waals surface area contributed by atoms with Gasteiger partial charge in [-0.1, -0.05) is 0 Å². The van der Waals surface area contributed by atoms with E-state index in [1.54, 1.807) is 18.2 Å². The summed E-state index contributed by atoms with van der Waals surface area (Å²) in [7, 11) is 0. The number of ether oxygens (including phenoxy) is 5. The second kappa shape index (κ2) is 11.1. The molecule has 2 aliphatic heterocycles. The number of piperidine rings is 1. The summed E-state index contributed by atoms with van der Waals surface area (Å²) in [4.78, 5) is 14.7. The van der Waals surface area contributed by atoms with Gasteiger partial charge >= 0.3 is 0 Å². The number of likely N-dealkylation sites (tertiary alicyclic amines) is 1. The molecular weight excluding hydrogens is 350 g/mol. The SMILES string of the molecule is O=C(c1ccc2c(c1)OCCOCCOCCOCCO2)N1CCCCC1. The molecule has 0 saturated carbocycles. The normalized spacial score (nSPS) is 20.4. The zero-order chi connectivity index (χ0) is 18.7. The van der Waals surface area contributed by atoms with Gasteiger partial charge in [-0.25, -0.2) is 0 Å². The molecule has 2 aliphatic rings. The van der Waals surface area contributed by atoms with E-state index in [-0.39, 0.29) is 5.91 Å². The Labute approximate surface area is 160 Å². The van der Waals surface area contributed by atoms with Gasteiger partial charge in [-0.2, -0.15) is 0 Å². The van der Waals surface area contributed by atoms with Crippen molar-refractivity contribution in [3.05, 3.63) is 23.8 Å². The van der Waals surface area contributed by atoms with Gasteiger partial charge in [-0.3, -0.25) is 4.79 Å². The predicted molar refractivity (Wildman–Crippen MR) is 99.6 cm³/mol.